The zero-order chi connectivity index (χ0) is 14.8. The van der Waals surface area contributed by atoms with E-state index < -0.39 is 0 Å². The number of anilines is 1. The molecular formula is C17H25NO2. The number of hydrogen-bond donors (Lipinski definition) is 0. The Morgan fingerprint density at radius 1 is 1.40 bits per heavy atom. The van der Waals surface area contributed by atoms with Crippen LogP contribution in [0.15, 0.2) is 24.3 Å². The van der Waals surface area contributed by atoms with Gasteiger partial charge in [-0.2, -0.15) is 0 Å². The van der Waals surface area contributed by atoms with Crippen LogP contribution < -0.4 is 4.90 Å². The molecule has 0 aliphatic carbocycles. The summed E-state index contributed by atoms with van der Waals surface area (Å²) in [5, 5.41) is 0. The molecule has 0 amide bonds. The predicted octanol–water partition coefficient (Wildman–Crippen LogP) is 3.73. The first-order valence-electron chi connectivity index (χ1n) is 7.48. The predicted molar refractivity (Wildman–Crippen MR) is 82.1 cm³/mol. The quantitative estimate of drug-likeness (QED) is 0.784. The molecule has 1 aromatic carbocycles. The molecular weight excluding hydrogens is 250 g/mol. The van der Waals surface area contributed by atoms with Gasteiger partial charge in [0, 0.05) is 17.8 Å². The number of para-hydroxylation sites is 1. The zero-order valence-electron chi connectivity index (χ0n) is 13.0. The van der Waals surface area contributed by atoms with E-state index in [0.29, 0.717) is 18.9 Å². The van der Waals surface area contributed by atoms with E-state index in [1.54, 1.807) is 0 Å². The third-order valence-corrected chi connectivity index (χ3v) is 4.14. The van der Waals surface area contributed by atoms with Crippen LogP contribution in [0.2, 0.25) is 0 Å². The second kappa shape index (κ2) is 5.86. The van der Waals surface area contributed by atoms with Crippen LogP contribution in [0.5, 0.6) is 0 Å². The molecule has 1 atom stereocenters. The van der Waals surface area contributed by atoms with Crippen molar-refractivity contribution in [3.8, 4) is 0 Å². The Morgan fingerprint density at radius 2 is 2.10 bits per heavy atom. The standard InChI is InChI=1S/C17H25NO2/c1-5-20-16(19)10-11-18-15-9-7-6-8-14(15)13(2)12-17(18,3)4/h6-9,13H,5,10-12H2,1-4H3. The van der Waals surface area contributed by atoms with Gasteiger partial charge in [-0.3, -0.25) is 4.79 Å². The van der Waals surface area contributed by atoms with E-state index >= 15 is 0 Å². The molecule has 0 spiro atoms. The largest absolute Gasteiger partial charge is 0.466 e. The lowest BCUT2D eigenvalue weighted by molar-refractivity contribution is -0.142. The average molecular weight is 275 g/mol. The van der Waals surface area contributed by atoms with Crippen LogP contribution in [0.1, 0.15) is 52.0 Å². The highest BCUT2D eigenvalue weighted by atomic mass is 16.5. The van der Waals surface area contributed by atoms with E-state index in [2.05, 4.69) is 49.9 Å². The molecule has 0 bridgehead atoms. The summed E-state index contributed by atoms with van der Waals surface area (Å²) in [7, 11) is 0. The van der Waals surface area contributed by atoms with Gasteiger partial charge < -0.3 is 9.64 Å². The van der Waals surface area contributed by atoms with Crippen LogP contribution in [-0.2, 0) is 9.53 Å². The molecule has 20 heavy (non-hydrogen) atoms. The van der Waals surface area contributed by atoms with Crippen molar-refractivity contribution in [3.63, 3.8) is 0 Å². The Balaban J connectivity index is 2.21. The Hall–Kier alpha value is -1.51. The minimum Gasteiger partial charge on any atom is -0.466 e. The van der Waals surface area contributed by atoms with Gasteiger partial charge in [-0.15, -0.1) is 0 Å². The number of ether oxygens (including phenoxy) is 1. The van der Waals surface area contributed by atoms with Gasteiger partial charge in [0.2, 0.25) is 0 Å². The summed E-state index contributed by atoms with van der Waals surface area (Å²) < 4.78 is 5.04. The Labute approximate surface area is 121 Å². The van der Waals surface area contributed by atoms with Crippen LogP contribution in [0, 0.1) is 0 Å². The fraction of sp³-hybridized carbons (Fsp3) is 0.588. The lowest BCUT2D eigenvalue weighted by atomic mass is 9.80. The molecule has 0 saturated carbocycles. The van der Waals surface area contributed by atoms with Gasteiger partial charge in [-0.25, -0.2) is 0 Å². The van der Waals surface area contributed by atoms with Crippen LogP contribution in [0.25, 0.3) is 0 Å². The van der Waals surface area contributed by atoms with Gasteiger partial charge >= 0.3 is 5.97 Å². The number of rotatable bonds is 4. The topological polar surface area (TPSA) is 29.5 Å². The fourth-order valence-electron chi connectivity index (χ4n) is 3.30. The smallest absolute Gasteiger partial charge is 0.307 e. The van der Waals surface area contributed by atoms with E-state index in [4.69, 9.17) is 4.74 Å². The highest BCUT2D eigenvalue weighted by molar-refractivity contribution is 5.71. The summed E-state index contributed by atoms with van der Waals surface area (Å²) in [5.41, 5.74) is 2.72. The molecule has 1 aliphatic rings. The first-order valence-corrected chi connectivity index (χ1v) is 7.48. The van der Waals surface area contributed by atoms with Gasteiger partial charge in [-0.1, -0.05) is 25.1 Å². The van der Waals surface area contributed by atoms with Crippen molar-refractivity contribution >= 4 is 11.7 Å². The number of fused-ring (bicyclic) bond motifs is 1. The SMILES string of the molecule is CCOC(=O)CCN1c2ccccc2C(C)CC1(C)C. The van der Waals surface area contributed by atoms with Crippen molar-refractivity contribution in [3.05, 3.63) is 29.8 Å². The van der Waals surface area contributed by atoms with Crippen LogP contribution in [0.3, 0.4) is 0 Å². The van der Waals surface area contributed by atoms with Gasteiger partial charge in [-0.05, 0) is 44.7 Å². The first-order chi connectivity index (χ1) is 9.45. The van der Waals surface area contributed by atoms with Gasteiger partial charge in [0.05, 0.1) is 13.0 Å². The molecule has 1 heterocycles. The number of nitrogens with zero attached hydrogens (tertiary/aromatic N) is 1. The third kappa shape index (κ3) is 2.97. The molecule has 0 radical (unpaired) electrons. The minimum absolute atomic E-state index is 0.0697. The molecule has 3 heteroatoms. The van der Waals surface area contributed by atoms with Crippen LogP contribution in [-0.4, -0.2) is 24.7 Å². The number of benzene rings is 1. The Kier molecular flexibility index (Phi) is 4.36. The molecule has 1 aliphatic heterocycles. The van der Waals surface area contributed by atoms with Crippen molar-refractivity contribution in [2.75, 3.05) is 18.1 Å². The summed E-state index contributed by atoms with van der Waals surface area (Å²) in [4.78, 5) is 14.0. The normalized spacial score (nSPS) is 20.4. The molecule has 110 valence electrons. The monoisotopic (exact) mass is 275 g/mol. The molecule has 2 rings (SSSR count). The highest BCUT2D eigenvalue weighted by Crippen LogP contribution is 2.42. The van der Waals surface area contributed by atoms with Crippen LogP contribution >= 0.6 is 0 Å². The maximum Gasteiger partial charge on any atom is 0.307 e. The van der Waals surface area contributed by atoms with Crippen molar-refractivity contribution in [2.45, 2.75) is 52.0 Å². The van der Waals surface area contributed by atoms with Crippen molar-refractivity contribution in [2.24, 2.45) is 0 Å². The van der Waals surface area contributed by atoms with E-state index in [-0.39, 0.29) is 11.5 Å². The second-order valence-electron chi connectivity index (χ2n) is 6.18. The van der Waals surface area contributed by atoms with E-state index in [0.717, 1.165) is 13.0 Å². The molecule has 0 aromatic heterocycles. The van der Waals surface area contributed by atoms with Gasteiger partial charge in [0.1, 0.15) is 0 Å². The molecule has 1 unspecified atom stereocenters. The van der Waals surface area contributed by atoms with Crippen molar-refractivity contribution in [1.29, 1.82) is 0 Å². The highest BCUT2D eigenvalue weighted by Gasteiger charge is 2.35. The minimum atomic E-state index is -0.112. The molecule has 0 N–H and O–H groups in total. The molecule has 1 aromatic rings. The van der Waals surface area contributed by atoms with Crippen molar-refractivity contribution < 1.29 is 9.53 Å². The maximum atomic E-state index is 11.6. The van der Waals surface area contributed by atoms with Crippen molar-refractivity contribution in [1.82, 2.24) is 0 Å². The summed E-state index contributed by atoms with van der Waals surface area (Å²) in [5.74, 6) is 0.444. The number of esters is 1. The second-order valence-corrected chi connectivity index (χ2v) is 6.18. The molecule has 3 nitrogen and oxygen atoms in total. The molecule has 0 saturated heterocycles. The Bertz CT molecular complexity index is 482. The van der Waals surface area contributed by atoms with Gasteiger partial charge in [0.15, 0.2) is 0 Å². The number of carbonyl (C=O) groups is 1. The lowest BCUT2D eigenvalue weighted by Crippen LogP contribution is -2.49. The van der Waals surface area contributed by atoms with E-state index in [1.807, 2.05) is 6.92 Å². The Morgan fingerprint density at radius 3 is 2.80 bits per heavy atom. The first kappa shape index (κ1) is 14.9. The fourth-order valence-corrected chi connectivity index (χ4v) is 3.30. The van der Waals surface area contributed by atoms with Gasteiger partial charge in [0.25, 0.3) is 0 Å². The summed E-state index contributed by atoms with van der Waals surface area (Å²) >= 11 is 0. The number of carbonyl (C=O) groups excluding carboxylic acids is 1. The number of hydrogen-bond acceptors (Lipinski definition) is 3. The molecule has 0 fully saturated rings. The zero-order valence-corrected chi connectivity index (χ0v) is 13.0. The summed E-state index contributed by atoms with van der Waals surface area (Å²) in [6, 6.07) is 8.53. The summed E-state index contributed by atoms with van der Waals surface area (Å²) in [6.45, 7) is 9.81. The summed E-state index contributed by atoms with van der Waals surface area (Å²) in [6.07, 6.45) is 1.55. The average Bonchev–Trinajstić information content (AvgIpc) is 2.38. The van der Waals surface area contributed by atoms with E-state index in [1.165, 1.54) is 11.3 Å². The van der Waals surface area contributed by atoms with Crippen LogP contribution in [0.4, 0.5) is 5.69 Å². The maximum absolute atomic E-state index is 11.6. The van der Waals surface area contributed by atoms with E-state index in [9.17, 15) is 4.79 Å². The third-order valence-electron chi connectivity index (χ3n) is 4.14. The lowest BCUT2D eigenvalue weighted by Gasteiger charge is -2.47.